The molecular weight excluding hydrogens is 530 g/mol. The van der Waals surface area contributed by atoms with Crippen LogP contribution in [0.1, 0.15) is 38.4 Å². The standard InChI is InChI=1S/C19H22O6.C10H9N5O/c1-9-7-17-8-18(9,24)5-3-10(17)19-6-4-11(20)16(2,15(23)25-19)13(19)12(17)14(21)22;1-2-7(16-3-1)4-11-9-8-10(13-5-12-8)15-6-14-9/h4,6,10-13,20,24H,1,3,5,7-8H2,2H3,(H,21,22);1-3,5-6H,4H2,(H2,11,12,13,14,15)/t10-,11+,12-,13-,16-,17+,18+,19-;/m1./s1. The molecule has 5 aliphatic rings. The Morgan fingerprint density at radius 3 is 2.90 bits per heavy atom. The summed E-state index contributed by atoms with van der Waals surface area (Å²) in [6, 6.07) is 3.75. The number of carbonyl (C=O) groups excluding carboxylic acids is 1. The number of esters is 1. The van der Waals surface area contributed by atoms with E-state index in [1.807, 2.05) is 12.1 Å². The first-order valence-corrected chi connectivity index (χ1v) is 13.7. The highest BCUT2D eigenvalue weighted by Gasteiger charge is 2.83. The van der Waals surface area contributed by atoms with Gasteiger partial charge in [0.1, 0.15) is 28.6 Å². The van der Waals surface area contributed by atoms with Crippen LogP contribution in [0.25, 0.3) is 11.2 Å². The van der Waals surface area contributed by atoms with Gasteiger partial charge in [0.2, 0.25) is 0 Å². The van der Waals surface area contributed by atoms with Gasteiger partial charge in [-0.1, -0.05) is 12.7 Å². The predicted octanol–water partition coefficient (Wildman–Crippen LogP) is 2.59. The second kappa shape index (κ2) is 8.49. The normalized spacial score (nSPS) is 39.6. The summed E-state index contributed by atoms with van der Waals surface area (Å²) < 4.78 is 11.1. The molecule has 5 N–H and O–H groups in total. The molecule has 4 aliphatic carbocycles. The van der Waals surface area contributed by atoms with Crippen LogP contribution in [-0.4, -0.2) is 64.5 Å². The third kappa shape index (κ3) is 3.31. The van der Waals surface area contributed by atoms with Crippen molar-refractivity contribution in [2.24, 2.45) is 28.6 Å². The van der Waals surface area contributed by atoms with Crippen molar-refractivity contribution in [3.05, 3.63) is 61.1 Å². The lowest BCUT2D eigenvalue weighted by Crippen LogP contribution is -2.50. The van der Waals surface area contributed by atoms with Gasteiger partial charge in [0.05, 0.1) is 36.8 Å². The molecule has 1 saturated heterocycles. The van der Waals surface area contributed by atoms with Crippen molar-refractivity contribution in [1.29, 1.82) is 0 Å². The van der Waals surface area contributed by atoms with Crippen LogP contribution in [0.2, 0.25) is 0 Å². The Kier molecular flexibility index (Phi) is 5.37. The fraction of sp³-hybridized carbons (Fsp3) is 0.483. The fourth-order valence-electron chi connectivity index (χ4n) is 8.62. The van der Waals surface area contributed by atoms with E-state index < -0.39 is 51.9 Å². The van der Waals surface area contributed by atoms with Crippen molar-refractivity contribution in [3.8, 4) is 0 Å². The molecule has 0 amide bonds. The van der Waals surface area contributed by atoms with E-state index in [2.05, 4.69) is 31.8 Å². The number of aliphatic hydroxyl groups excluding tert-OH is 1. The van der Waals surface area contributed by atoms with Gasteiger partial charge in [-0.3, -0.25) is 9.59 Å². The van der Waals surface area contributed by atoms with E-state index in [1.165, 1.54) is 6.33 Å². The van der Waals surface area contributed by atoms with E-state index in [-0.39, 0.29) is 5.92 Å². The minimum absolute atomic E-state index is 0.180. The maximum atomic E-state index is 12.7. The van der Waals surface area contributed by atoms with Crippen molar-refractivity contribution in [2.45, 2.75) is 56.5 Å². The van der Waals surface area contributed by atoms with Crippen LogP contribution < -0.4 is 5.32 Å². The zero-order valence-corrected chi connectivity index (χ0v) is 22.4. The number of carboxylic acids is 1. The molecule has 0 aromatic carbocycles. The van der Waals surface area contributed by atoms with Crippen LogP contribution in [-0.2, 0) is 20.9 Å². The molecule has 4 fully saturated rings. The second-order valence-electron chi connectivity index (χ2n) is 12.2. The molecule has 41 heavy (non-hydrogen) atoms. The van der Waals surface area contributed by atoms with E-state index in [9.17, 15) is 24.9 Å². The Morgan fingerprint density at radius 2 is 2.15 bits per heavy atom. The molecule has 3 saturated carbocycles. The molecule has 214 valence electrons. The number of H-pyrrole nitrogens is 1. The largest absolute Gasteiger partial charge is 0.481 e. The van der Waals surface area contributed by atoms with E-state index in [4.69, 9.17) is 9.15 Å². The molecule has 4 heterocycles. The number of anilines is 1. The van der Waals surface area contributed by atoms with Gasteiger partial charge in [0.15, 0.2) is 11.5 Å². The number of nitrogens with one attached hydrogen (secondary N) is 2. The number of rotatable bonds is 4. The van der Waals surface area contributed by atoms with E-state index in [0.717, 1.165) is 17.1 Å². The molecule has 1 spiro atoms. The number of carboxylic acid groups (broad SMARTS) is 1. The van der Waals surface area contributed by atoms with Gasteiger partial charge in [-0.25, -0.2) is 15.0 Å². The SMILES string of the molecule is C=C1C[C@]23C[C@@]1(O)CC[C@H]2[C@@]12C=C[C@H](O)[C@@](C)(C(=O)O1)[C@H]2[C@@H]3C(=O)O.c1coc(CNc2ncnc3nc[nH]c23)c1. The number of hydrogen-bond acceptors (Lipinski definition) is 10. The number of imidazole rings is 1. The number of furan rings is 1. The smallest absolute Gasteiger partial charge is 0.316 e. The number of nitrogens with zero attached hydrogens (tertiary/aromatic N) is 3. The highest BCUT2D eigenvalue weighted by molar-refractivity contribution is 5.86. The van der Waals surface area contributed by atoms with E-state index in [0.29, 0.717) is 43.4 Å². The first-order valence-electron chi connectivity index (χ1n) is 13.7. The van der Waals surface area contributed by atoms with Gasteiger partial charge >= 0.3 is 11.9 Å². The summed E-state index contributed by atoms with van der Waals surface area (Å²) in [5, 5.41) is 34.8. The summed E-state index contributed by atoms with van der Waals surface area (Å²) in [4.78, 5) is 40.3. The number of fused-ring (bicyclic) bond motifs is 2. The maximum Gasteiger partial charge on any atom is 0.316 e. The number of aromatic nitrogens is 4. The molecule has 1 aliphatic heterocycles. The zero-order chi connectivity index (χ0) is 28.8. The first kappa shape index (κ1) is 25.9. The summed E-state index contributed by atoms with van der Waals surface area (Å²) in [7, 11) is 0. The summed E-state index contributed by atoms with van der Waals surface area (Å²) >= 11 is 0. The average Bonchev–Trinajstić information content (AvgIpc) is 3.72. The quantitative estimate of drug-likeness (QED) is 0.233. The van der Waals surface area contributed by atoms with E-state index in [1.54, 1.807) is 31.7 Å². The van der Waals surface area contributed by atoms with Gasteiger partial charge < -0.3 is 34.8 Å². The first-order chi connectivity index (χ1) is 19.5. The van der Waals surface area contributed by atoms with Crippen LogP contribution in [0.4, 0.5) is 5.82 Å². The molecular formula is C29H31N5O7. The molecule has 3 aromatic heterocycles. The number of aliphatic hydroxyl groups is 2. The van der Waals surface area contributed by atoms with E-state index >= 15 is 0 Å². The summed E-state index contributed by atoms with van der Waals surface area (Å²) in [6.45, 7) is 6.23. The van der Waals surface area contributed by atoms with Gasteiger partial charge in [-0.05, 0) is 61.8 Å². The lowest BCUT2D eigenvalue weighted by Gasteiger charge is -2.44. The van der Waals surface area contributed by atoms with Gasteiger partial charge in [0.25, 0.3) is 0 Å². The third-order valence-electron chi connectivity index (χ3n) is 10.4. The maximum absolute atomic E-state index is 12.7. The average molecular weight is 562 g/mol. The Hall–Kier alpha value is -4.03. The number of carbonyl (C=O) groups is 2. The zero-order valence-electron chi connectivity index (χ0n) is 22.4. The molecule has 12 heteroatoms. The predicted molar refractivity (Wildman–Crippen MR) is 143 cm³/mol. The van der Waals surface area contributed by atoms with Crippen LogP contribution in [0.15, 0.2) is 59.8 Å². The van der Waals surface area contributed by atoms with Gasteiger partial charge in [0, 0.05) is 11.8 Å². The lowest BCUT2D eigenvalue weighted by atomic mass is 9.61. The van der Waals surface area contributed by atoms with Crippen molar-refractivity contribution in [3.63, 3.8) is 0 Å². The molecule has 8 rings (SSSR count). The Labute approximate surface area is 234 Å². The summed E-state index contributed by atoms with van der Waals surface area (Å²) in [6.07, 6.45) is 8.83. The van der Waals surface area contributed by atoms with Gasteiger partial charge in [-0.2, -0.15) is 0 Å². The number of aliphatic carboxylic acids is 1. The van der Waals surface area contributed by atoms with Crippen molar-refractivity contribution < 1.29 is 34.1 Å². The number of ether oxygens (including phenoxy) is 1. The van der Waals surface area contributed by atoms with Gasteiger partial charge in [-0.15, -0.1) is 0 Å². The highest BCUT2D eigenvalue weighted by atomic mass is 16.6. The minimum Gasteiger partial charge on any atom is -0.481 e. The second-order valence-corrected chi connectivity index (χ2v) is 12.2. The van der Waals surface area contributed by atoms with Crippen LogP contribution in [0.3, 0.4) is 0 Å². The molecule has 0 unspecified atom stereocenters. The molecule has 12 nitrogen and oxygen atoms in total. The topological polar surface area (TPSA) is 184 Å². The van der Waals surface area contributed by atoms with Crippen LogP contribution >= 0.6 is 0 Å². The van der Waals surface area contributed by atoms with Crippen molar-refractivity contribution in [2.75, 3.05) is 5.32 Å². The highest BCUT2D eigenvalue weighted by Crippen LogP contribution is 2.77. The summed E-state index contributed by atoms with van der Waals surface area (Å²) in [5.74, 6) is -1.61. The molecule has 0 radical (unpaired) electrons. The van der Waals surface area contributed by atoms with Crippen LogP contribution in [0.5, 0.6) is 0 Å². The summed E-state index contributed by atoms with van der Waals surface area (Å²) in [5.41, 5.74) is -1.84. The van der Waals surface area contributed by atoms with Crippen molar-refractivity contribution in [1.82, 2.24) is 19.9 Å². The number of hydrogen-bond donors (Lipinski definition) is 5. The minimum atomic E-state index is -1.27. The lowest BCUT2D eigenvalue weighted by molar-refractivity contribution is -0.163. The monoisotopic (exact) mass is 561 g/mol. The molecule has 4 bridgehead atoms. The third-order valence-corrected chi connectivity index (χ3v) is 10.4. The Morgan fingerprint density at radius 1 is 1.32 bits per heavy atom. The fourth-order valence-corrected chi connectivity index (χ4v) is 8.62. The Balaban J connectivity index is 0.000000149. The Bertz CT molecular complexity index is 1600. The molecule has 3 aromatic rings. The van der Waals surface area contributed by atoms with Crippen LogP contribution in [0, 0.1) is 28.6 Å². The van der Waals surface area contributed by atoms with Crippen molar-refractivity contribution >= 4 is 28.9 Å². The molecule has 8 atom stereocenters. The number of aromatic amines is 1.